The van der Waals surface area contributed by atoms with Crippen LogP contribution >= 0.6 is 0 Å². The molecular weight excluding hydrogens is 286 g/mol. The Morgan fingerprint density at radius 2 is 2.04 bits per heavy atom. The van der Waals surface area contributed by atoms with Crippen LogP contribution in [0.15, 0.2) is 24.4 Å². The summed E-state index contributed by atoms with van der Waals surface area (Å²) in [4.78, 5) is 9.33. The van der Waals surface area contributed by atoms with Crippen LogP contribution in [0.2, 0.25) is 0 Å². The van der Waals surface area contributed by atoms with Crippen molar-refractivity contribution in [3.63, 3.8) is 0 Å². The summed E-state index contributed by atoms with van der Waals surface area (Å²) in [5.41, 5.74) is 15.3. The van der Waals surface area contributed by atoms with Crippen LogP contribution in [0.4, 0.5) is 0 Å². The molecule has 122 valence electrons. The number of nitrogens with zero attached hydrogens (tertiary/aromatic N) is 2. The highest BCUT2D eigenvalue weighted by Crippen LogP contribution is 2.24. The van der Waals surface area contributed by atoms with Gasteiger partial charge in [-0.1, -0.05) is 26.8 Å². The first-order chi connectivity index (χ1) is 11.0. The maximum Gasteiger partial charge on any atom is 0.145 e. The number of hydrogen-bond acceptors (Lipinski definition) is 5. The summed E-state index contributed by atoms with van der Waals surface area (Å²) < 4.78 is 0. The van der Waals surface area contributed by atoms with E-state index in [4.69, 9.17) is 16.9 Å². The molecule has 5 N–H and O–H groups in total. The zero-order chi connectivity index (χ0) is 17.0. The van der Waals surface area contributed by atoms with Gasteiger partial charge in [-0.2, -0.15) is 0 Å². The Balaban J connectivity index is 2.55. The second kappa shape index (κ2) is 7.33. The molecule has 5 nitrogen and oxygen atoms in total. The number of allylic oxidation sites excluding steroid dienone is 1. The smallest absolute Gasteiger partial charge is 0.145 e. The van der Waals surface area contributed by atoms with Gasteiger partial charge in [0.1, 0.15) is 5.82 Å². The number of rotatable bonds is 6. The number of hydrogen-bond donors (Lipinski definition) is 3. The Morgan fingerprint density at radius 1 is 1.30 bits per heavy atom. The van der Waals surface area contributed by atoms with Crippen molar-refractivity contribution in [2.45, 2.75) is 39.7 Å². The Labute approximate surface area is 137 Å². The van der Waals surface area contributed by atoms with Crippen LogP contribution < -0.4 is 11.5 Å². The monoisotopic (exact) mass is 311 g/mol. The minimum absolute atomic E-state index is 0.148. The molecular formula is C18H25N5. The first-order valence-electron chi connectivity index (χ1n) is 7.99. The molecule has 1 atom stereocenters. The summed E-state index contributed by atoms with van der Waals surface area (Å²) in [6.07, 6.45) is 4.35. The zero-order valence-electron chi connectivity index (χ0n) is 14.0. The van der Waals surface area contributed by atoms with Crippen molar-refractivity contribution >= 4 is 22.7 Å². The third kappa shape index (κ3) is 3.74. The van der Waals surface area contributed by atoms with E-state index in [9.17, 15) is 0 Å². The number of fused-ring (bicyclic) bond motifs is 1. The Bertz CT molecular complexity index is 734. The molecule has 1 heterocycles. The standard InChI is InChI=1S/C18H25N5/c1-4-16-14-8-12(13(9-19)10-20)5-6-17(14)23-18(22-16)15(21)7-11(2)3/h5-6,8-11,15,19H,4,7,20-21H2,1-3H3/b13-10+,19-9?. The van der Waals surface area contributed by atoms with Gasteiger partial charge < -0.3 is 16.9 Å². The molecule has 0 bridgehead atoms. The minimum Gasteiger partial charge on any atom is -0.404 e. The molecule has 0 spiro atoms. The number of benzene rings is 1. The molecule has 5 heteroatoms. The molecule has 1 aromatic heterocycles. The molecule has 2 aromatic rings. The highest BCUT2D eigenvalue weighted by Gasteiger charge is 2.15. The highest BCUT2D eigenvalue weighted by atomic mass is 14.9. The topological polar surface area (TPSA) is 102 Å². The molecule has 0 saturated heterocycles. The van der Waals surface area contributed by atoms with Crippen LogP contribution in [0.25, 0.3) is 16.5 Å². The fourth-order valence-corrected chi connectivity index (χ4v) is 2.67. The van der Waals surface area contributed by atoms with Gasteiger partial charge in [-0.05, 0) is 36.5 Å². The third-order valence-electron chi connectivity index (χ3n) is 3.85. The molecule has 0 fully saturated rings. The fourth-order valence-electron chi connectivity index (χ4n) is 2.67. The second-order valence-corrected chi connectivity index (χ2v) is 6.12. The van der Waals surface area contributed by atoms with Crippen molar-refractivity contribution in [2.75, 3.05) is 0 Å². The normalized spacial score (nSPS) is 13.5. The van der Waals surface area contributed by atoms with Gasteiger partial charge in [-0.15, -0.1) is 0 Å². The molecule has 1 aromatic carbocycles. The van der Waals surface area contributed by atoms with Crippen molar-refractivity contribution in [3.8, 4) is 0 Å². The Morgan fingerprint density at radius 3 is 2.61 bits per heavy atom. The number of aryl methyl sites for hydroxylation is 1. The van der Waals surface area contributed by atoms with Crippen LogP contribution in [0.1, 0.15) is 50.3 Å². The van der Waals surface area contributed by atoms with E-state index in [0.717, 1.165) is 35.0 Å². The fraction of sp³-hybridized carbons (Fsp3) is 0.389. The second-order valence-electron chi connectivity index (χ2n) is 6.12. The SMILES string of the molecule is CCc1nc(C(N)CC(C)C)nc2ccc(/C(C=N)=C/N)cc12. The summed E-state index contributed by atoms with van der Waals surface area (Å²) >= 11 is 0. The maximum atomic E-state index is 7.44. The van der Waals surface area contributed by atoms with Gasteiger partial charge in [0.15, 0.2) is 0 Å². The van der Waals surface area contributed by atoms with Gasteiger partial charge in [-0.25, -0.2) is 9.97 Å². The van der Waals surface area contributed by atoms with Crippen molar-refractivity contribution < 1.29 is 0 Å². The number of nitrogens with one attached hydrogen (secondary N) is 1. The lowest BCUT2D eigenvalue weighted by atomic mass is 10.0. The zero-order valence-corrected chi connectivity index (χ0v) is 14.0. The van der Waals surface area contributed by atoms with Crippen LogP contribution in [-0.4, -0.2) is 16.2 Å². The molecule has 0 saturated carbocycles. The van der Waals surface area contributed by atoms with E-state index in [1.807, 2.05) is 18.2 Å². The lowest BCUT2D eigenvalue weighted by Crippen LogP contribution is -2.17. The molecule has 23 heavy (non-hydrogen) atoms. The van der Waals surface area contributed by atoms with E-state index in [1.54, 1.807) is 0 Å². The predicted molar refractivity (Wildman–Crippen MR) is 96.2 cm³/mol. The van der Waals surface area contributed by atoms with Gasteiger partial charge in [0.25, 0.3) is 0 Å². The maximum absolute atomic E-state index is 7.44. The van der Waals surface area contributed by atoms with E-state index in [1.165, 1.54) is 12.4 Å². The van der Waals surface area contributed by atoms with Gasteiger partial charge in [0.05, 0.1) is 17.3 Å². The molecule has 0 amide bonds. The Hall–Kier alpha value is -2.27. The molecule has 0 radical (unpaired) electrons. The van der Waals surface area contributed by atoms with Gasteiger partial charge in [-0.3, -0.25) is 0 Å². The molecule has 0 aliphatic carbocycles. The average Bonchev–Trinajstić information content (AvgIpc) is 2.54. The molecule has 0 aliphatic rings. The van der Waals surface area contributed by atoms with E-state index < -0.39 is 0 Å². The van der Waals surface area contributed by atoms with Crippen molar-refractivity contribution in [1.82, 2.24) is 9.97 Å². The minimum atomic E-state index is -0.148. The highest BCUT2D eigenvalue weighted by molar-refractivity contribution is 6.09. The Kier molecular flexibility index (Phi) is 5.45. The summed E-state index contributed by atoms with van der Waals surface area (Å²) in [6, 6.07) is 5.72. The first-order valence-corrected chi connectivity index (χ1v) is 7.99. The molecule has 2 rings (SSSR count). The van der Waals surface area contributed by atoms with Crippen LogP contribution in [-0.2, 0) is 6.42 Å². The van der Waals surface area contributed by atoms with Gasteiger partial charge >= 0.3 is 0 Å². The predicted octanol–water partition coefficient (Wildman–Crippen LogP) is 3.19. The van der Waals surface area contributed by atoms with E-state index in [2.05, 4.69) is 30.7 Å². The van der Waals surface area contributed by atoms with Gasteiger partial charge in [0.2, 0.25) is 0 Å². The quantitative estimate of drug-likeness (QED) is 0.713. The van der Waals surface area contributed by atoms with Gasteiger partial charge in [0, 0.05) is 23.4 Å². The molecule has 0 aliphatic heterocycles. The summed E-state index contributed by atoms with van der Waals surface area (Å²) in [5, 5.41) is 8.43. The van der Waals surface area contributed by atoms with Crippen LogP contribution in [0.3, 0.4) is 0 Å². The van der Waals surface area contributed by atoms with E-state index >= 15 is 0 Å². The van der Waals surface area contributed by atoms with Crippen LogP contribution in [0, 0.1) is 11.3 Å². The molecule has 1 unspecified atom stereocenters. The summed E-state index contributed by atoms with van der Waals surface area (Å²) in [7, 11) is 0. The number of aromatic nitrogens is 2. The lowest BCUT2D eigenvalue weighted by molar-refractivity contribution is 0.493. The van der Waals surface area contributed by atoms with Crippen molar-refractivity contribution in [2.24, 2.45) is 17.4 Å². The van der Waals surface area contributed by atoms with Crippen molar-refractivity contribution in [3.05, 3.63) is 41.5 Å². The van der Waals surface area contributed by atoms with E-state index in [-0.39, 0.29) is 6.04 Å². The summed E-state index contributed by atoms with van der Waals surface area (Å²) in [6.45, 7) is 6.36. The first kappa shape index (κ1) is 17.1. The van der Waals surface area contributed by atoms with Crippen molar-refractivity contribution in [1.29, 1.82) is 5.41 Å². The van der Waals surface area contributed by atoms with E-state index in [0.29, 0.717) is 17.3 Å². The average molecular weight is 311 g/mol. The largest absolute Gasteiger partial charge is 0.404 e. The number of nitrogens with two attached hydrogens (primary N) is 2. The summed E-state index contributed by atoms with van der Waals surface area (Å²) in [5.74, 6) is 1.21. The van der Waals surface area contributed by atoms with Crippen LogP contribution in [0.5, 0.6) is 0 Å². The lowest BCUT2D eigenvalue weighted by Gasteiger charge is -2.15. The third-order valence-corrected chi connectivity index (χ3v) is 3.85.